The van der Waals surface area contributed by atoms with E-state index in [1.807, 2.05) is 36.4 Å². The minimum atomic E-state index is -0.831. The third-order valence-electron chi connectivity index (χ3n) is 7.24. The summed E-state index contributed by atoms with van der Waals surface area (Å²) in [5.74, 6) is -0.160. The molecule has 268 valence electrons. The highest BCUT2D eigenvalue weighted by molar-refractivity contribution is 5.87. The monoisotopic (exact) mass is 681 g/mol. The maximum atomic E-state index is 12.8. The number of carbonyl (C=O) groups is 4. The average molecular weight is 682 g/mol. The van der Waals surface area contributed by atoms with Gasteiger partial charge in [0.25, 0.3) is 0 Å². The molecule has 1 N–H and O–H groups in total. The zero-order chi connectivity index (χ0) is 36.2. The third kappa shape index (κ3) is 17.8. The second kappa shape index (κ2) is 21.2. The van der Waals surface area contributed by atoms with Crippen molar-refractivity contribution >= 4 is 24.0 Å². The summed E-state index contributed by atoms with van der Waals surface area (Å²) < 4.78 is 33.0. The molecule has 49 heavy (non-hydrogen) atoms. The summed E-state index contributed by atoms with van der Waals surface area (Å²) in [6, 6.07) is 18.1. The zero-order valence-electron chi connectivity index (χ0n) is 29.4. The van der Waals surface area contributed by atoms with Crippen LogP contribution >= 0.6 is 0 Å². The van der Waals surface area contributed by atoms with E-state index in [1.165, 1.54) is 6.92 Å². The number of alkyl carbamates (subject to hydrolysis) is 1. The molecule has 2 aromatic rings. The van der Waals surface area contributed by atoms with E-state index in [4.69, 9.17) is 28.4 Å². The Morgan fingerprint density at radius 2 is 1.20 bits per heavy atom. The highest BCUT2D eigenvalue weighted by atomic mass is 16.6. The van der Waals surface area contributed by atoms with Gasteiger partial charge in [-0.05, 0) is 68.7 Å². The Morgan fingerprint density at radius 1 is 0.735 bits per heavy atom. The Hall–Kier alpha value is -4.80. The van der Waals surface area contributed by atoms with Crippen molar-refractivity contribution < 1.29 is 47.6 Å². The van der Waals surface area contributed by atoms with E-state index in [0.717, 1.165) is 6.42 Å². The molecule has 1 amide bonds. The molecule has 0 saturated heterocycles. The molecular formula is C38H51NO10. The first-order chi connectivity index (χ1) is 23.2. The predicted octanol–water partition coefficient (Wildman–Crippen LogP) is 6.61. The van der Waals surface area contributed by atoms with Crippen molar-refractivity contribution in [2.75, 3.05) is 33.0 Å². The van der Waals surface area contributed by atoms with Crippen molar-refractivity contribution in [2.45, 2.75) is 72.5 Å². The Kier molecular flexibility index (Phi) is 17.5. The molecule has 3 unspecified atom stereocenters. The van der Waals surface area contributed by atoms with Crippen molar-refractivity contribution in [3.8, 4) is 11.5 Å². The van der Waals surface area contributed by atoms with E-state index in [0.29, 0.717) is 30.9 Å². The maximum Gasteiger partial charge on any atom is 0.407 e. The number of rotatable bonds is 22. The summed E-state index contributed by atoms with van der Waals surface area (Å²) in [7, 11) is 0. The number of esters is 3. The van der Waals surface area contributed by atoms with Gasteiger partial charge in [0.15, 0.2) is 12.2 Å². The molecule has 0 heterocycles. The standard InChI is InChI=1S/C38H51NO10/c1-27(2)35(41)46-25-32(23-44-30-14-10-8-11-15-30)48-34(40)18-20-38(6,7)22-29(5)19-21-39-37(43)49-33(26-47-36(42)28(3)4)24-45-31-16-12-9-13-17-31/h8-17,29,32-33H,1,3,18-26H2,2,4-7H3,(H,39,43). The molecule has 0 bridgehead atoms. The number of amides is 1. The molecule has 0 saturated carbocycles. The van der Waals surface area contributed by atoms with Gasteiger partial charge in [0.05, 0.1) is 0 Å². The molecule has 0 aliphatic heterocycles. The summed E-state index contributed by atoms with van der Waals surface area (Å²) in [6.07, 6.45) is -0.0710. The van der Waals surface area contributed by atoms with Crippen LogP contribution in [0.5, 0.6) is 11.5 Å². The predicted molar refractivity (Wildman–Crippen MR) is 185 cm³/mol. The molecule has 11 heteroatoms. The molecule has 2 aromatic carbocycles. The van der Waals surface area contributed by atoms with Crippen LogP contribution in [0, 0.1) is 11.3 Å². The first-order valence-corrected chi connectivity index (χ1v) is 16.4. The summed E-state index contributed by atoms with van der Waals surface area (Å²) in [6.45, 7) is 16.5. The van der Waals surface area contributed by atoms with Crippen LogP contribution in [0.1, 0.15) is 60.3 Å². The number of para-hydroxylation sites is 2. The fourth-order valence-corrected chi connectivity index (χ4v) is 4.67. The van der Waals surface area contributed by atoms with Gasteiger partial charge in [0.2, 0.25) is 0 Å². The van der Waals surface area contributed by atoms with Gasteiger partial charge < -0.3 is 33.7 Å². The van der Waals surface area contributed by atoms with Gasteiger partial charge in [-0.3, -0.25) is 4.79 Å². The first kappa shape index (κ1) is 40.4. The van der Waals surface area contributed by atoms with Gasteiger partial charge in [0.1, 0.15) is 37.9 Å². The van der Waals surface area contributed by atoms with Crippen LogP contribution in [0.3, 0.4) is 0 Å². The SMILES string of the molecule is C=C(C)C(=O)OCC(COc1ccccc1)OC(=O)CCC(C)(C)CC(C)CCNC(=O)OC(COC(=O)C(=C)C)COc1ccccc1. The van der Waals surface area contributed by atoms with Gasteiger partial charge in [-0.1, -0.05) is 70.3 Å². The normalized spacial score (nSPS) is 12.8. The Bertz CT molecular complexity index is 1360. The van der Waals surface area contributed by atoms with Gasteiger partial charge in [-0.15, -0.1) is 0 Å². The Balaban J connectivity index is 1.79. The quantitative estimate of drug-likeness (QED) is 0.0821. The second-order valence-corrected chi connectivity index (χ2v) is 12.8. The van der Waals surface area contributed by atoms with Crippen LogP contribution in [-0.2, 0) is 33.3 Å². The van der Waals surface area contributed by atoms with Gasteiger partial charge >= 0.3 is 24.0 Å². The number of benzene rings is 2. The lowest BCUT2D eigenvalue weighted by Crippen LogP contribution is -2.36. The molecule has 0 aliphatic carbocycles. The molecule has 0 aromatic heterocycles. The zero-order valence-corrected chi connectivity index (χ0v) is 29.4. The van der Waals surface area contributed by atoms with E-state index in [-0.39, 0.29) is 55.3 Å². The number of carbonyl (C=O) groups excluding carboxylic acids is 4. The first-order valence-electron chi connectivity index (χ1n) is 16.4. The fraction of sp³-hybridized carbons (Fsp3) is 0.474. The summed E-state index contributed by atoms with van der Waals surface area (Å²) in [5.41, 5.74) is 0.283. The van der Waals surface area contributed by atoms with Gasteiger partial charge in [0, 0.05) is 24.1 Å². The second-order valence-electron chi connectivity index (χ2n) is 12.8. The topological polar surface area (TPSA) is 136 Å². The third-order valence-corrected chi connectivity index (χ3v) is 7.24. The summed E-state index contributed by atoms with van der Waals surface area (Å²) in [4.78, 5) is 49.2. The maximum absolute atomic E-state index is 12.8. The van der Waals surface area contributed by atoms with E-state index >= 15 is 0 Å². The number of hydrogen-bond acceptors (Lipinski definition) is 10. The van der Waals surface area contributed by atoms with Crippen LogP contribution in [0.2, 0.25) is 0 Å². The van der Waals surface area contributed by atoms with Gasteiger partial charge in [-0.2, -0.15) is 0 Å². The summed E-state index contributed by atoms with van der Waals surface area (Å²) in [5, 5.41) is 2.76. The number of hydrogen-bond donors (Lipinski definition) is 1. The average Bonchev–Trinajstić information content (AvgIpc) is 3.06. The van der Waals surface area contributed by atoms with Crippen molar-refractivity contribution in [2.24, 2.45) is 11.3 Å². The molecule has 0 aliphatic rings. The van der Waals surface area contributed by atoms with E-state index in [2.05, 4.69) is 39.2 Å². The molecule has 11 nitrogen and oxygen atoms in total. The van der Waals surface area contributed by atoms with Crippen LogP contribution in [0.15, 0.2) is 85.0 Å². The smallest absolute Gasteiger partial charge is 0.407 e. The van der Waals surface area contributed by atoms with Crippen molar-refractivity contribution in [1.29, 1.82) is 0 Å². The van der Waals surface area contributed by atoms with Crippen molar-refractivity contribution in [3.05, 3.63) is 85.0 Å². The molecule has 0 spiro atoms. The highest BCUT2D eigenvalue weighted by Gasteiger charge is 2.25. The van der Waals surface area contributed by atoms with Crippen LogP contribution in [0.4, 0.5) is 4.79 Å². The van der Waals surface area contributed by atoms with Crippen molar-refractivity contribution in [1.82, 2.24) is 5.32 Å². The van der Waals surface area contributed by atoms with E-state index < -0.39 is 36.2 Å². The lowest BCUT2D eigenvalue weighted by molar-refractivity contribution is -0.159. The molecule has 2 rings (SSSR count). The van der Waals surface area contributed by atoms with Crippen LogP contribution < -0.4 is 14.8 Å². The highest BCUT2D eigenvalue weighted by Crippen LogP contribution is 2.32. The van der Waals surface area contributed by atoms with E-state index in [1.54, 1.807) is 31.2 Å². The number of nitrogens with one attached hydrogen (secondary N) is 1. The van der Waals surface area contributed by atoms with Crippen LogP contribution in [0.25, 0.3) is 0 Å². The number of ether oxygens (including phenoxy) is 6. The lowest BCUT2D eigenvalue weighted by atomic mass is 9.79. The fourth-order valence-electron chi connectivity index (χ4n) is 4.67. The largest absolute Gasteiger partial charge is 0.490 e. The van der Waals surface area contributed by atoms with E-state index in [9.17, 15) is 19.2 Å². The van der Waals surface area contributed by atoms with Crippen molar-refractivity contribution in [3.63, 3.8) is 0 Å². The molecule has 0 fully saturated rings. The minimum Gasteiger partial charge on any atom is -0.490 e. The lowest BCUT2D eigenvalue weighted by Gasteiger charge is -2.28. The Labute approximate surface area is 289 Å². The van der Waals surface area contributed by atoms with Crippen LogP contribution in [-0.4, -0.2) is 69.2 Å². The molecule has 0 radical (unpaired) electrons. The minimum absolute atomic E-state index is 0.00558. The van der Waals surface area contributed by atoms with Gasteiger partial charge in [-0.25, -0.2) is 14.4 Å². The molecular weight excluding hydrogens is 630 g/mol. The Morgan fingerprint density at radius 3 is 1.67 bits per heavy atom. The summed E-state index contributed by atoms with van der Waals surface area (Å²) >= 11 is 0. The molecule has 3 atom stereocenters.